The van der Waals surface area contributed by atoms with Crippen LogP contribution in [0.15, 0.2) is 35.3 Å². The number of rotatable bonds is 5. The molecule has 0 spiro atoms. The van der Waals surface area contributed by atoms with Crippen LogP contribution in [-0.2, 0) is 16.5 Å². The van der Waals surface area contributed by atoms with Gasteiger partial charge in [-0.15, -0.1) is 0 Å². The van der Waals surface area contributed by atoms with E-state index in [0.717, 1.165) is 48.5 Å². The summed E-state index contributed by atoms with van der Waals surface area (Å²) in [6.45, 7) is 6.23. The molecule has 2 aromatic heterocycles. The Bertz CT molecular complexity index is 1050. The van der Waals surface area contributed by atoms with Gasteiger partial charge in [-0.2, -0.15) is 0 Å². The van der Waals surface area contributed by atoms with Crippen LogP contribution in [0.4, 0.5) is 0 Å². The van der Waals surface area contributed by atoms with Crippen molar-refractivity contribution in [2.45, 2.75) is 38.6 Å². The number of aryl methyl sites for hydroxylation is 2. The van der Waals surface area contributed by atoms with Crippen molar-refractivity contribution in [2.75, 3.05) is 26.9 Å². The Morgan fingerprint density at radius 1 is 1.28 bits per heavy atom. The molecule has 0 radical (unpaired) electrons. The van der Waals surface area contributed by atoms with Gasteiger partial charge < -0.3 is 18.6 Å². The summed E-state index contributed by atoms with van der Waals surface area (Å²) in [5.41, 5.74) is 5.09. The van der Waals surface area contributed by atoms with Crippen LogP contribution in [0.25, 0.3) is 22.4 Å². The van der Waals surface area contributed by atoms with E-state index in [1.807, 2.05) is 19.2 Å². The lowest BCUT2D eigenvalue weighted by Crippen LogP contribution is -2.19. The highest BCUT2D eigenvalue weighted by Crippen LogP contribution is 2.33. The largest absolute Gasteiger partial charge is 0.383 e. The maximum Gasteiger partial charge on any atom is 0.253 e. The third-order valence-corrected chi connectivity index (χ3v) is 5.88. The van der Waals surface area contributed by atoms with E-state index in [2.05, 4.69) is 29.7 Å². The van der Waals surface area contributed by atoms with E-state index in [-0.39, 0.29) is 11.6 Å². The molecule has 154 valence electrons. The average molecular weight is 396 g/mol. The first kappa shape index (κ1) is 19.9. The predicted molar refractivity (Wildman–Crippen MR) is 115 cm³/mol. The number of pyridine rings is 1. The molecule has 6 nitrogen and oxygen atoms in total. The molecule has 0 bridgehead atoms. The molecule has 4 rings (SSSR count). The second-order valence-corrected chi connectivity index (χ2v) is 8.07. The SMILES string of the molecule is COC[C@H](C)n1c(-c2cc(C)c(=O)n(C)c2)nc2ccc(C3CCOCC3)cc21. The van der Waals surface area contributed by atoms with Crippen molar-refractivity contribution in [1.29, 1.82) is 0 Å². The van der Waals surface area contributed by atoms with Gasteiger partial charge in [0.05, 0.1) is 23.7 Å². The van der Waals surface area contributed by atoms with E-state index in [4.69, 9.17) is 14.5 Å². The van der Waals surface area contributed by atoms with Gasteiger partial charge in [-0.1, -0.05) is 6.07 Å². The Hall–Kier alpha value is -2.44. The summed E-state index contributed by atoms with van der Waals surface area (Å²) in [6.07, 6.45) is 3.98. The van der Waals surface area contributed by atoms with Crippen molar-refractivity contribution in [3.05, 3.63) is 51.9 Å². The Morgan fingerprint density at radius 3 is 2.72 bits per heavy atom. The molecule has 6 heteroatoms. The molecule has 1 aliphatic rings. The minimum absolute atomic E-state index is 0.0168. The summed E-state index contributed by atoms with van der Waals surface area (Å²) >= 11 is 0. The van der Waals surface area contributed by atoms with E-state index in [1.165, 1.54) is 5.56 Å². The van der Waals surface area contributed by atoms with Crippen LogP contribution in [0.5, 0.6) is 0 Å². The number of nitrogens with zero attached hydrogens (tertiary/aromatic N) is 3. The van der Waals surface area contributed by atoms with Crippen molar-refractivity contribution < 1.29 is 9.47 Å². The molecular formula is C23H29N3O3. The predicted octanol–water partition coefficient (Wildman–Crippen LogP) is 3.81. The maximum atomic E-state index is 12.2. The summed E-state index contributed by atoms with van der Waals surface area (Å²) in [5.74, 6) is 1.39. The fourth-order valence-corrected chi connectivity index (χ4v) is 4.36. The number of methoxy groups -OCH3 is 1. The molecule has 0 saturated carbocycles. The lowest BCUT2D eigenvalue weighted by molar-refractivity contribution is 0.0853. The van der Waals surface area contributed by atoms with Gasteiger partial charge in [0.25, 0.3) is 5.56 Å². The Labute approximate surface area is 171 Å². The van der Waals surface area contributed by atoms with Crippen LogP contribution in [0.2, 0.25) is 0 Å². The first-order chi connectivity index (χ1) is 14.0. The van der Waals surface area contributed by atoms with E-state index in [1.54, 1.807) is 18.7 Å². The summed E-state index contributed by atoms with van der Waals surface area (Å²) in [7, 11) is 3.51. The second kappa shape index (κ2) is 8.13. The number of hydrogen-bond acceptors (Lipinski definition) is 4. The number of fused-ring (bicyclic) bond motifs is 1. The molecule has 29 heavy (non-hydrogen) atoms. The zero-order valence-corrected chi connectivity index (χ0v) is 17.6. The highest BCUT2D eigenvalue weighted by molar-refractivity contribution is 5.81. The van der Waals surface area contributed by atoms with Crippen molar-refractivity contribution in [3.8, 4) is 11.4 Å². The van der Waals surface area contributed by atoms with Gasteiger partial charge in [0.1, 0.15) is 5.82 Å². The fraction of sp³-hybridized carbons (Fsp3) is 0.478. The smallest absolute Gasteiger partial charge is 0.253 e. The molecule has 3 aromatic rings. The minimum atomic E-state index is 0.0168. The average Bonchev–Trinajstić information content (AvgIpc) is 3.11. The number of imidazole rings is 1. The minimum Gasteiger partial charge on any atom is -0.383 e. The Morgan fingerprint density at radius 2 is 2.03 bits per heavy atom. The second-order valence-electron chi connectivity index (χ2n) is 8.07. The topological polar surface area (TPSA) is 58.3 Å². The molecule has 0 aliphatic carbocycles. The van der Waals surface area contributed by atoms with Crippen LogP contribution >= 0.6 is 0 Å². The van der Waals surface area contributed by atoms with Gasteiger partial charge in [-0.25, -0.2) is 4.98 Å². The Balaban J connectivity index is 1.89. The first-order valence-corrected chi connectivity index (χ1v) is 10.3. The zero-order chi connectivity index (χ0) is 20.5. The summed E-state index contributed by atoms with van der Waals surface area (Å²) < 4.78 is 14.9. The van der Waals surface area contributed by atoms with Crippen molar-refractivity contribution in [1.82, 2.24) is 14.1 Å². The normalized spacial score (nSPS) is 16.4. The maximum absolute atomic E-state index is 12.2. The van der Waals surface area contributed by atoms with Crippen LogP contribution in [0.3, 0.4) is 0 Å². The van der Waals surface area contributed by atoms with Crippen LogP contribution < -0.4 is 5.56 Å². The molecule has 1 aliphatic heterocycles. The van der Waals surface area contributed by atoms with Gasteiger partial charge in [-0.05, 0) is 56.4 Å². The molecule has 0 N–H and O–H groups in total. The fourth-order valence-electron chi connectivity index (χ4n) is 4.36. The van der Waals surface area contributed by atoms with Crippen LogP contribution in [0, 0.1) is 6.92 Å². The summed E-state index contributed by atoms with van der Waals surface area (Å²) in [5, 5.41) is 0. The number of ether oxygens (including phenoxy) is 2. The molecular weight excluding hydrogens is 366 g/mol. The van der Waals surface area contributed by atoms with Crippen molar-refractivity contribution in [2.24, 2.45) is 7.05 Å². The third kappa shape index (κ3) is 3.74. The molecule has 3 heterocycles. The third-order valence-electron chi connectivity index (χ3n) is 5.88. The van der Waals surface area contributed by atoms with Gasteiger partial charge in [0.15, 0.2) is 0 Å². The molecule has 0 unspecified atom stereocenters. The van der Waals surface area contributed by atoms with Crippen molar-refractivity contribution in [3.63, 3.8) is 0 Å². The van der Waals surface area contributed by atoms with E-state index >= 15 is 0 Å². The molecule has 1 aromatic carbocycles. The molecule has 0 amide bonds. The van der Waals surface area contributed by atoms with E-state index in [0.29, 0.717) is 18.1 Å². The van der Waals surface area contributed by atoms with Crippen molar-refractivity contribution >= 4 is 11.0 Å². The van der Waals surface area contributed by atoms with E-state index < -0.39 is 0 Å². The summed E-state index contributed by atoms with van der Waals surface area (Å²) in [6, 6.07) is 8.64. The monoisotopic (exact) mass is 395 g/mol. The first-order valence-electron chi connectivity index (χ1n) is 10.3. The lowest BCUT2D eigenvalue weighted by atomic mass is 9.91. The summed E-state index contributed by atoms with van der Waals surface area (Å²) in [4.78, 5) is 17.1. The number of hydrogen-bond donors (Lipinski definition) is 0. The zero-order valence-electron chi connectivity index (χ0n) is 17.6. The number of aromatic nitrogens is 3. The quantitative estimate of drug-likeness (QED) is 0.659. The Kier molecular flexibility index (Phi) is 5.56. The van der Waals surface area contributed by atoms with Gasteiger partial charge in [0.2, 0.25) is 0 Å². The highest BCUT2D eigenvalue weighted by Gasteiger charge is 2.21. The highest BCUT2D eigenvalue weighted by atomic mass is 16.5. The van der Waals surface area contributed by atoms with Crippen LogP contribution in [0.1, 0.15) is 42.9 Å². The van der Waals surface area contributed by atoms with E-state index in [9.17, 15) is 4.79 Å². The molecule has 1 fully saturated rings. The lowest BCUT2D eigenvalue weighted by Gasteiger charge is -2.23. The van der Waals surface area contributed by atoms with Gasteiger partial charge in [-0.3, -0.25) is 4.79 Å². The van der Waals surface area contributed by atoms with Gasteiger partial charge >= 0.3 is 0 Å². The molecule has 1 saturated heterocycles. The van der Waals surface area contributed by atoms with Gasteiger partial charge in [0, 0.05) is 44.7 Å². The molecule has 1 atom stereocenters. The van der Waals surface area contributed by atoms with Crippen LogP contribution in [-0.4, -0.2) is 41.0 Å². The standard InChI is InChI=1S/C23H29N3O3/c1-15-11-19(13-25(3)23(15)27)22-24-20-6-5-18(17-7-9-29-10-8-17)12-21(20)26(22)16(2)14-28-4/h5-6,11-13,16-17H,7-10,14H2,1-4H3/t16-/m0/s1. The number of benzene rings is 1.